The van der Waals surface area contributed by atoms with Crippen molar-refractivity contribution in [2.45, 2.75) is 6.92 Å². The Hall–Kier alpha value is -2.00. The Morgan fingerprint density at radius 3 is 2.19 bits per heavy atom. The second kappa shape index (κ2) is 4.24. The topological polar surface area (TPSA) is 58.3 Å². The van der Waals surface area contributed by atoms with Crippen molar-refractivity contribution in [2.24, 2.45) is 0 Å². The smallest absolute Gasteiger partial charge is 0.0631 e. The Balaban J connectivity index is 2.41. The second-order valence-corrected chi connectivity index (χ2v) is 3.76. The predicted molar refractivity (Wildman–Crippen MR) is 66.4 cm³/mol. The average Bonchev–Trinajstić information content (AvgIpc) is 2.30. The lowest BCUT2D eigenvalue weighted by Crippen LogP contribution is -1.92. The zero-order valence-corrected chi connectivity index (χ0v) is 9.07. The number of nitrogens with two attached hydrogens (primary N) is 1. The minimum Gasteiger partial charge on any atom is -0.399 e. The molecule has 3 nitrogen and oxygen atoms in total. The summed E-state index contributed by atoms with van der Waals surface area (Å²) in [5.41, 5.74) is 12.5. The molecule has 0 aliphatic rings. The summed E-state index contributed by atoms with van der Waals surface area (Å²) in [5.74, 6) is 0. The van der Waals surface area contributed by atoms with Crippen LogP contribution >= 0.6 is 0 Å². The third-order valence-corrected chi connectivity index (χ3v) is 2.59. The maximum Gasteiger partial charge on any atom is 0.0631 e. The van der Waals surface area contributed by atoms with E-state index in [0.29, 0.717) is 0 Å². The van der Waals surface area contributed by atoms with E-state index in [1.54, 1.807) is 0 Å². The van der Waals surface area contributed by atoms with Crippen LogP contribution in [0.5, 0.6) is 0 Å². The standard InChI is InChI=1S/C13H14N2O/c1-9-8-11(4-7-13(9)15-16)10-2-5-12(14)6-3-10/h2-8,15-16H,14H2,1H3. The summed E-state index contributed by atoms with van der Waals surface area (Å²) in [6, 6.07) is 13.5. The van der Waals surface area contributed by atoms with E-state index in [1.807, 2.05) is 49.4 Å². The van der Waals surface area contributed by atoms with Crippen molar-refractivity contribution in [3.8, 4) is 11.1 Å². The minimum atomic E-state index is 0.721. The van der Waals surface area contributed by atoms with E-state index in [9.17, 15) is 0 Å². The zero-order chi connectivity index (χ0) is 11.5. The first-order valence-electron chi connectivity index (χ1n) is 5.07. The van der Waals surface area contributed by atoms with Gasteiger partial charge in [0.25, 0.3) is 0 Å². The second-order valence-electron chi connectivity index (χ2n) is 3.76. The van der Waals surface area contributed by atoms with Gasteiger partial charge in [0.05, 0.1) is 5.69 Å². The number of hydrogen-bond donors (Lipinski definition) is 3. The monoisotopic (exact) mass is 214 g/mol. The molecule has 4 N–H and O–H groups in total. The first-order valence-corrected chi connectivity index (χ1v) is 5.07. The van der Waals surface area contributed by atoms with Crippen LogP contribution in [0.4, 0.5) is 11.4 Å². The fraction of sp³-hybridized carbons (Fsp3) is 0.0769. The van der Waals surface area contributed by atoms with E-state index in [0.717, 1.165) is 28.1 Å². The summed E-state index contributed by atoms with van der Waals surface area (Å²) in [4.78, 5) is 0. The number of benzene rings is 2. The van der Waals surface area contributed by atoms with Crippen molar-refractivity contribution in [2.75, 3.05) is 11.2 Å². The van der Waals surface area contributed by atoms with Gasteiger partial charge in [-0.1, -0.05) is 18.2 Å². The van der Waals surface area contributed by atoms with Gasteiger partial charge >= 0.3 is 0 Å². The molecule has 0 heterocycles. The summed E-state index contributed by atoms with van der Waals surface area (Å²) in [5, 5.41) is 8.85. The van der Waals surface area contributed by atoms with Crippen molar-refractivity contribution in [3.63, 3.8) is 0 Å². The highest BCUT2D eigenvalue weighted by Crippen LogP contribution is 2.25. The van der Waals surface area contributed by atoms with Crippen molar-refractivity contribution < 1.29 is 5.21 Å². The molecule has 0 fully saturated rings. The fourth-order valence-electron chi connectivity index (χ4n) is 1.64. The summed E-state index contributed by atoms with van der Waals surface area (Å²) in [6.45, 7) is 1.94. The van der Waals surface area contributed by atoms with Gasteiger partial charge in [-0.2, -0.15) is 0 Å². The molecular formula is C13H14N2O. The molecule has 0 atom stereocenters. The molecule has 0 amide bonds. The van der Waals surface area contributed by atoms with Gasteiger partial charge in [0, 0.05) is 5.69 Å². The number of anilines is 2. The third-order valence-electron chi connectivity index (χ3n) is 2.59. The lowest BCUT2D eigenvalue weighted by atomic mass is 10.0. The summed E-state index contributed by atoms with van der Waals surface area (Å²) in [7, 11) is 0. The highest BCUT2D eigenvalue weighted by molar-refractivity contribution is 5.69. The molecule has 0 unspecified atom stereocenters. The first-order chi connectivity index (χ1) is 7.70. The highest BCUT2D eigenvalue weighted by atomic mass is 16.5. The summed E-state index contributed by atoms with van der Waals surface area (Å²) < 4.78 is 0. The Kier molecular flexibility index (Phi) is 2.79. The number of aryl methyl sites for hydroxylation is 1. The van der Waals surface area contributed by atoms with Crippen molar-refractivity contribution in [1.29, 1.82) is 0 Å². The van der Waals surface area contributed by atoms with Crippen LogP contribution in [-0.2, 0) is 0 Å². The van der Waals surface area contributed by atoms with Crippen LogP contribution in [-0.4, -0.2) is 5.21 Å². The van der Waals surface area contributed by atoms with Crippen LogP contribution in [0.3, 0.4) is 0 Å². The largest absolute Gasteiger partial charge is 0.399 e. The van der Waals surface area contributed by atoms with Gasteiger partial charge in [0.1, 0.15) is 0 Å². The van der Waals surface area contributed by atoms with Gasteiger partial charge in [-0.15, -0.1) is 0 Å². The van der Waals surface area contributed by atoms with Crippen LogP contribution in [0.25, 0.3) is 11.1 Å². The molecule has 0 saturated heterocycles. The summed E-state index contributed by atoms with van der Waals surface area (Å²) >= 11 is 0. The molecule has 0 aliphatic carbocycles. The summed E-state index contributed by atoms with van der Waals surface area (Å²) in [6.07, 6.45) is 0. The Labute approximate surface area is 94.5 Å². The van der Waals surface area contributed by atoms with Gasteiger partial charge in [-0.25, -0.2) is 0 Å². The van der Waals surface area contributed by atoms with E-state index >= 15 is 0 Å². The predicted octanol–water partition coefficient (Wildman–Crippen LogP) is 3.05. The van der Waals surface area contributed by atoms with Gasteiger partial charge in [-0.3, -0.25) is 10.7 Å². The van der Waals surface area contributed by atoms with E-state index in [4.69, 9.17) is 10.9 Å². The quantitative estimate of drug-likeness (QED) is 0.532. The highest BCUT2D eigenvalue weighted by Gasteiger charge is 2.01. The average molecular weight is 214 g/mol. The van der Waals surface area contributed by atoms with E-state index in [1.165, 1.54) is 0 Å². The fourth-order valence-corrected chi connectivity index (χ4v) is 1.64. The number of rotatable bonds is 2. The molecule has 2 aromatic rings. The van der Waals surface area contributed by atoms with Gasteiger partial charge < -0.3 is 5.73 Å². The van der Waals surface area contributed by atoms with Gasteiger partial charge in [-0.05, 0) is 47.9 Å². The number of nitrogens with one attached hydrogen (secondary N) is 1. The molecule has 2 aromatic carbocycles. The minimum absolute atomic E-state index is 0.721. The molecular weight excluding hydrogens is 200 g/mol. The molecule has 82 valence electrons. The molecule has 0 aromatic heterocycles. The Morgan fingerprint density at radius 2 is 1.62 bits per heavy atom. The lowest BCUT2D eigenvalue weighted by Gasteiger charge is -2.07. The van der Waals surface area contributed by atoms with Crippen LogP contribution < -0.4 is 11.2 Å². The van der Waals surface area contributed by atoms with Crippen LogP contribution in [0.2, 0.25) is 0 Å². The normalized spacial score (nSPS) is 10.1. The Bertz CT molecular complexity index is 492. The van der Waals surface area contributed by atoms with Gasteiger partial charge in [0.15, 0.2) is 0 Å². The van der Waals surface area contributed by atoms with Crippen LogP contribution in [0, 0.1) is 6.92 Å². The molecule has 3 heteroatoms. The lowest BCUT2D eigenvalue weighted by molar-refractivity contribution is 0.388. The maximum absolute atomic E-state index is 8.85. The van der Waals surface area contributed by atoms with E-state index in [-0.39, 0.29) is 0 Å². The SMILES string of the molecule is Cc1cc(-c2ccc(N)cc2)ccc1NO. The molecule has 0 saturated carbocycles. The molecule has 0 aliphatic heterocycles. The molecule has 0 spiro atoms. The van der Waals surface area contributed by atoms with Crippen molar-refractivity contribution >= 4 is 11.4 Å². The number of hydrogen-bond acceptors (Lipinski definition) is 3. The van der Waals surface area contributed by atoms with Crippen molar-refractivity contribution in [3.05, 3.63) is 48.0 Å². The molecule has 16 heavy (non-hydrogen) atoms. The third kappa shape index (κ3) is 1.99. The van der Waals surface area contributed by atoms with Crippen LogP contribution in [0.1, 0.15) is 5.56 Å². The van der Waals surface area contributed by atoms with E-state index < -0.39 is 0 Å². The maximum atomic E-state index is 8.85. The van der Waals surface area contributed by atoms with Crippen molar-refractivity contribution in [1.82, 2.24) is 0 Å². The van der Waals surface area contributed by atoms with Gasteiger partial charge in [0.2, 0.25) is 0 Å². The molecule has 2 rings (SSSR count). The number of nitrogen functional groups attached to an aromatic ring is 1. The molecule has 0 bridgehead atoms. The Morgan fingerprint density at radius 1 is 1.00 bits per heavy atom. The van der Waals surface area contributed by atoms with E-state index in [2.05, 4.69) is 5.48 Å². The first kappa shape index (κ1) is 10.5. The molecule has 0 radical (unpaired) electrons. The van der Waals surface area contributed by atoms with Crippen LogP contribution in [0.15, 0.2) is 42.5 Å². The zero-order valence-electron chi connectivity index (χ0n) is 9.07.